The van der Waals surface area contributed by atoms with Gasteiger partial charge >= 0.3 is 9.33 Å². The average Bonchev–Trinajstić information content (AvgIpc) is 0.780. The Balaban J connectivity index is -0.000000233. The summed E-state index contributed by atoms with van der Waals surface area (Å²) >= 11 is 3.15. The fraction of sp³-hybridized carbons (Fsp3) is 0.494. The molecule has 116 heavy (non-hydrogen) atoms. The van der Waals surface area contributed by atoms with Crippen LogP contribution in [0.3, 0.4) is 0 Å². The van der Waals surface area contributed by atoms with Crippen molar-refractivity contribution in [2.45, 2.75) is 215 Å². The number of sulfonamides is 1. The number of hydrogen-bond donors (Lipinski definition) is 2. The molecule has 0 fully saturated rings. The molecule has 0 aromatic heterocycles. The maximum Gasteiger partial charge on any atom is 0.353 e. The second kappa shape index (κ2) is 63.0. The van der Waals surface area contributed by atoms with Gasteiger partial charge in [0.15, 0.2) is 0 Å². The van der Waals surface area contributed by atoms with Gasteiger partial charge < -0.3 is 34.7 Å². The van der Waals surface area contributed by atoms with Crippen LogP contribution in [0.5, 0.6) is 0 Å². The van der Waals surface area contributed by atoms with E-state index < -0.39 is 37.5 Å². The van der Waals surface area contributed by atoms with Crippen LogP contribution >= 0.6 is 72.0 Å². The predicted octanol–water partition coefficient (Wildman–Crippen LogP) is 18.8. The molecule has 0 saturated heterocycles. The first-order chi connectivity index (χ1) is 52.4. The number of benzene rings is 6. The summed E-state index contributed by atoms with van der Waals surface area (Å²) in [6, 6.07) is 38.2. The van der Waals surface area contributed by atoms with Gasteiger partial charge in [0.1, 0.15) is 0 Å². The van der Waals surface area contributed by atoms with E-state index in [2.05, 4.69) is 119 Å². The molecule has 3 radical (unpaired) electrons. The zero-order valence-electron chi connectivity index (χ0n) is 70.3. The zero-order chi connectivity index (χ0) is 86.5. The van der Waals surface area contributed by atoms with Crippen molar-refractivity contribution in [1.29, 1.82) is 0 Å². The minimum absolute atomic E-state index is 0. The molecule has 6 amide bonds. The van der Waals surface area contributed by atoms with Crippen LogP contribution in [0.15, 0.2) is 142 Å². The van der Waals surface area contributed by atoms with Crippen LogP contribution in [0.1, 0.15) is 196 Å². The van der Waals surface area contributed by atoms with Gasteiger partial charge in [-0.15, -0.1) is 24.0 Å². The van der Waals surface area contributed by atoms with E-state index in [4.69, 9.17) is 34.3 Å². The summed E-state index contributed by atoms with van der Waals surface area (Å²) in [5.74, 6) is 0.782. The van der Waals surface area contributed by atoms with E-state index in [0.717, 1.165) is 75.4 Å². The Bertz CT molecular complexity index is 4130. The highest BCUT2D eigenvalue weighted by Gasteiger charge is 2.28. The van der Waals surface area contributed by atoms with Crippen molar-refractivity contribution < 1.29 is 68.4 Å². The molecule has 6 aliphatic heterocycles. The molecule has 12 rings (SSSR count). The number of rotatable bonds is 4. The van der Waals surface area contributed by atoms with Gasteiger partial charge in [0.05, 0.1) is 14.7 Å². The first-order valence-corrected chi connectivity index (χ1v) is 46.7. The lowest BCUT2D eigenvalue weighted by Crippen LogP contribution is -2.31. The number of hydrogen-bond acceptors (Lipinski definition) is 15. The van der Waals surface area contributed by atoms with E-state index in [1.807, 2.05) is 96.8 Å². The van der Waals surface area contributed by atoms with Crippen molar-refractivity contribution in [3.05, 3.63) is 161 Å². The highest BCUT2D eigenvalue weighted by atomic mass is 127. The summed E-state index contributed by atoms with van der Waals surface area (Å²) in [7, 11) is 16.9. The van der Waals surface area contributed by atoms with Gasteiger partial charge in [0.25, 0.3) is 18.1 Å². The molecule has 6 aromatic rings. The van der Waals surface area contributed by atoms with Crippen LogP contribution in [-0.4, -0.2) is 162 Å². The number of amides is 6. The molecule has 0 atom stereocenters. The first-order valence-electron chi connectivity index (χ1n) is 37.2. The van der Waals surface area contributed by atoms with Gasteiger partial charge in [-0.25, -0.2) is 29.6 Å². The number of carbonyl (C=O) groups excluding carboxylic acids is 6. The highest BCUT2D eigenvalue weighted by Crippen LogP contribution is 2.34. The van der Waals surface area contributed by atoms with E-state index in [1.165, 1.54) is 101 Å². The quantitative estimate of drug-likeness (QED) is 0.0545. The molecule has 23 nitrogen and oxygen atoms in total. The molecule has 0 spiro atoms. The summed E-state index contributed by atoms with van der Waals surface area (Å²) in [6.45, 7) is 23.3. The number of halogens is 5. The molecule has 6 aromatic carbocycles. The lowest BCUT2D eigenvalue weighted by Gasteiger charge is -2.26. The van der Waals surface area contributed by atoms with Gasteiger partial charge in [-0.1, -0.05) is 194 Å². The van der Waals surface area contributed by atoms with E-state index in [9.17, 15) is 54.0 Å². The molecule has 33 heteroatoms. The van der Waals surface area contributed by atoms with Gasteiger partial charge in [0, 0.05) is 176 Å². The van der Waals surface area contributed by atoms with Gasteiger partial charge in [-0.05, 0) is 159 Å². The van der Waals surface area contributed by atoms with Crippen LogP contribution in [0, 0.1) is 0 Å². The van der Waals surface area contributed by atoms with Crippen LogP contribution in [0.2, 0.25) is 0 Å². The molecule has 0 saturated carbocycles. The second-order valence-electron chi connectivity index (χ2n) is 25.9. The van der Waals surface area contributed by atoms with Crippen LogP contribution in [0.4, 0.5) is 34.1 Å². The van der Waals surface area contributed by atoms with Gasteiger partial charge in [-0.3, -0.25) is 33.3 Å². The topological polar surface area (TPSA) is 294 Å². The summed E-state index contributed by atoms with van der Waals surface area (Å²) in [5, 5.41) is 3.81. The highest BCUT2D eigenvalue weighted by molar-refractivity contribution is 14.0. The summed E-state index contributed by atoms with van der Waals surface area (Å²) < 4.78 is 95.0. The van der Waals surface area contributed by atoms with E-state index in [0.29, 0.717) is 57.8 Å². The van der Waals surface area contributed by atoms with Crippen LogP contribution in [-0.2, 0) is 105 Å². The van der Waals surface area contributed by atoms with Gasteiger partial charge in [0.2, 0.25) is 45.5 Å². The smallest absolute Gasteiger partial charge is 0.323 e. The van der Waals surface area contributed by atoms with E-state index in [-0.39, 0.29) is 98.8 Å². The molecule has 6 aliphatic rings. The SMILES string of the molecule is C.C.CCBr.CCC.CCC.CCC.CCC.CCC.CN1C(=O)CCc2cc(S(=O)(=O)Cl)ccc21.CN1C(=O)CCc2cc(S(=O)(=O)Cl)ccc21.CN1C(=O)CCc2cc(S(=O)(=O)N(C)C)ccc21.CN1C(=O)CCc2ccccc21.CN1C(=O)CCc2ccccc21.CN1C(=O)CCc2ccccc21.CNC.I.O=S(=O)(O)Cl.[2HH].[B]. The molecule has 0 aliphatic carbocycles. The Morgan fingerprint density at radius 2 is 0.517 bits per heavy atom. The van der Waals surface area contributed by atoms with Crippen molar-refractivity contribution in [2.24, 2.45) is 0 Å². The minimum atomic E-state index is -4.19. The number of alkyl halides is 1. The van der Waals surface area contributed by atoms with E-state index in [1.54, 1.807) is 71.1 Å². The molecule has 0 unspecified atom stereocenters. The third kappa shape index (κ3) is 43.8. The first kappa shape index (κ1) is 121. The molecule has 6 heterocycles. The lowest BCUT2D eigenvalue weighted by atomic mass is 10.0. The zero-order valence-corrected chi connectivity index (χ0v) is 79.7. The molecule has 657 valence electrons. The minimum Gasteiger partial charge on any atom is -0.323 e. The summed E-state index contributed by atoms with van der Waals surface area (Å²) in [4.78, 5) is 78.5. The number of para-hydroxylation sites is 3. The van der Waals surface area contributed by atoms with Crippen molar-refractivity contribution in [1.82, 2.24) is 9.62 Å². The Morgan fingerprint density at radius 3 is 0.698 bits per heavy atom. The molecule has 0 bridgehead atoms. The largest absolute Gasteiger partial charge is 0.353 e. The number of carbonyl (C=O) groups is 6. The number of aryl methyl sites for hydroxylation is 6. The number of anilines is 6. The maximum absolute atomic E-state index is 12.0. The Kier molecular flexibility index (Phi) is 65.6. The Morgan fingerprint density at radius 1 is 0.362 bits per heavy atom. The Hall–Kier alpha value is -6.04. The number of nitrogens with one attached hydrogen (secondary N) is 1. The number of nitrogens with zero attached hydrogens (tertiary/aromatic N) is 7. The van der Waals surface area contributed by atoms with Crippen molar-refractivity contribution >= 4 is 187 Å². The van der Waals surface area contributed by atoms with E-state index >= 15 is 0 Å². The van der Waals surface area contributed by atoms with Crippen molar-refractivity contribution in [2.75, 3.05) is 105 Å². The Labute approximate surface area is 740 Å². The third-order valence-electron chi connectivity index (χ3n) is 15.5. The van der Waals surface area contributed by atoms with Crippen LogP contribution < -0.4 is 34.7 Å². The molecular weight excluding hydrogens is 1800 g/mol. The standard InChI is InChI=1S/C12H16N2O3S.2C10H10ClNO3S.3C10H11NO.5C3H8.C2H5Br.C2H7N.2CH4.B.ClHO3S.HI.H2/c1-13(2)18(16,17)10-5-6-11-9(8-10)4-7-12(15)14(11)3;2*1-12-9-4-3-8(16(11,14)15)6-7(9)2-5-10(12)13;3*1-11-9-5-3-2-4-8(9)6-7-10(11)12;5*1-3-2;1-2-3;1-3-2;;;;1-5(2,3)4;;/h5-6,8H,4,7H2,1-3H3;2*3-4,6H,2,5H2,1H3;3*2-5H,6-7H2,1H3;5*3H2,1-2H3;2H2,1H3;3H,1-2H3;2*1H4;;(H,2,3,4);2*1H/i;;;;;;;;;;;;;;;;;;1+1. The second-order valence-corrected chi connectivity index (χ2v) is 36.3. The fourth-order valence-electron chi connectivity index (χ4n) is 10.4. The van der Waals surface area contributed by atoms with Gasteiger partial charge in [-0.2, -0.15) is 8.42 Å². The fourth-order valence-corrected chi connectivity index (χ4v) is 12.9. The maximum atomic E-state index is 12.0. The van der Waals surface area contributed by atoms with Crippen molar-refractivity contribution in [3.8, 4) is 0 Å². The molecule has 2 N–H and O–H groups in total. The third-order valence-corrected chi connectivity index (χ3v) is 20.0. The normalized spacial score (nSPS) is 13.5. The molecular formula is C83H133BBrCl3IN8O15S4. The average molecular weight is 1940 g/mol. The summed E-state index contributed by atoms with van der Waals surface area (Å²) in [5.41, 5.74) is 11.9. The van der Waals surface area contributed by atoms with Crippen LogP contribution in [0.25, 0.3) is 0 Å². The summed E-state index contributed by atoms with van der Waals surface area (Å²) in [6.07, 6.45) is 13.8. The van der Waals surface area contributed by atoms with Crippen molar-refractivity contribution in [3.63, 3.8) is 0 Å². The lowest BCUT2D eigenvalue weighted by molar-refractivity contribution is -0.119. The number of fused-ring (bicyclic) bond motifs is 6. The predicted molar refractivity (Wildman–Crippen MR) is 504 cm³/mol. The monoisotopic (exact) mass is 1930 g/mol.